The summed E-state index contributed by atoms with van der Waals surface area (Å²) in [5.41, 5.74) is 5.30. The van der Waals surface area contributed by atoms with Crippen molar-refractivity contribution in [2.24, 2.45) is 5.73 Å². The molecule has 28 heavy (non-hydrogen) atoms. The Balaban J connectivity index is 2.98. The summed E-state index contributed by atoms with van der Waals surface area (Å²) >= 11 is 0. The molecule has 0 aromatic heterocycles. The number of ether oxygens (including phenoxy) is 8. The molecule has 0 bridgehead atoms. The second kappa shape index (κ2) is 26.2. The highest BCUT2D eigenvalue weighted by Gasteiger charge is 1.94. The third-order valence-electron chi connectivity index (χ3n) is 3.07. The molecule has 0 heterocycles. The Labute approximate surface area is 169 Å². The molecule has 0 aromatic rings. The minimum atomic E-state index is 0.533. The largest absolute Gasteiger partial charge is 0.499 e. The first kappa shape index (κ1) is 27.2. The van der Waals surface area contributed by atoms with Gasteiger partial charge in [0.1, 0.15) is 6.61 Å². The lowest BCUT2D eigenvalue weighted by molar-refractivity contribution is -0.0214. The maximum atomic E-state index is 5.41. The number of nitrogens with two attached hydrogens (primary N) is 1. The molecule has 0 aliphatic rings. The summed E-state index contributed by atoms with van der Waals surface area (Å²) in [6.45, 7) is 10.6. The normalized spacial score (nSPS) is 11.5. The first-order valence-corrected chi connectivity index (χ1v) is 9.88. The number of hydrogen-bond donors (Lipinski definition) is 1. The van der Waals surface area contributed by atoms with Crippen LogP contribution in [-0.2, 0) is 37.9 Å². The predicted octanol–water partition coefficient (Wildman–Crippen LogP) is 0.612. The third-order valence-corrected chi connectivity index (χ3v) is 3.07. The summed E-state index contributed by atoms with van der Waals surface area (Å²) in [6, 6.07) is 0. The lowest BCUT2D eigenvalue weighted by Crippen LogP contribution is -2.15. The molecule has 0 rings (SSSR count). The molecule has 0 aromatic carbocycles. The Kier molecular flexibility index (Phi) is 25.5. The van der Waals surface area contributed by atoms with Gasteiger partial charge >= 0.3 is 0 Å². The second-order valence-corrected chi connectivity index (χ2v) is 5.42. The van der Waals surface area contributed by atoms with Crippen LogP contribution in [0.3, 0.4) is 0 Å². The lowest BCUT2D eigenvalue weighted by Gasteiger charge is -2.08. The highest BCUT2D eigenvalue weighted by atomic mass is 16.6. The number of rotatable bonds is 24. The smallest absolute Gasteiger partial charge is 0.111 e. The molecule has 0 saturated heterocycles. The topological polar surface area (TPSA) is 99.9 Å². The van der Waals surface area contributed by atoms with Crippen molar-refractivity contribution in [1.29, 1.82) is 0 Å². The van der Waals surface area contributed by atoms with Gasteiger partial charge in [0.05, 0.1) is 98.8 Å². The molecule has 168 valence electrons. The molecule has 9 nitrogen and oxygen atoms in total. The van der Waals surface area contributed by atoms with E-state index in [9.17, 15) is 0 Å². The van der Waals surface area contributed by atoms with Gasteiger partial charge in [-0.1, -0.05) is 6.08 Å². The second-order valence-electron chi connectivity index (χ2n) is 5.42. The molecule has 0 spiro atoms. The molecule has 0 aliphatic carbocycles. The number of allylic oxidation sites excluding steroid dienone is 1. The fraction of sp³-hybridized carbons (Fsp3) is 0.895. The Bertz CT molecular complexity index is 308. The van der Waals surface area contributed by atoms with E-state index in [0.29, 0.717) is 106 Å². The van der Waals surface area contributed by atoms with E-state index in [1.807, 2.05) is 13.0 Å². The van der Waals surface area contributed by atoms with Crippen molar-refractivity contribution < 1.29 is 37.9 Å². The van der Waals surface area contributed by atoms with Crippen molar-refractivity contribution in [2.45, 2.75) is 6.92 Å². The fourth-order valence-electron chi connectivity index (χ4n) is 1.78. The molecular formula is C19H39NO8. The molecule has 0 radical (unpaired) electrons. The average Bonchev–Trinajstić information content (AvgIpc) is 2.71. The molecule has 0 aliphatic heterocycles. The van der Waals surface area contributed by atoms with Gasteiger partial charge in [-0.25, -0.2) is 0 Å². The maximum Gasteiger partial charge on any atom is 0.111 e. The molecule has 9 heteroatoms. The summed E-state index contributed by atoms with van der Waals surface area (Å²) in [5, 5.41) is 0. The van der Waals surface area contributed by atoms with Crippen LogP contribution in [0, 0.1) is 0 Å². The minimum Gasteiger partial charge on any atom is -0.499 e. The number of hydrogen-bond acceptors (Lipinski definition) is 9. The molecule has 0 amide bonds. The molecular weight excluding hydrogens is 370 g/mol. The van der Waals surface area contributed by atoms with Crippen LogP contribution in [-0.4, -0.2) is 106 Å². The third kappa shape index (κ3) is 25.2. The lowest BCUT2D eigenvalue weighted by atomic mass is 10.6. The van der Waals surface area contributed by atoms with E-state index in [1.54, 1.807) is 6.26 Å². The van der Waals surface area contributed by atoms with Crippen molar-refractivity contribution in [3.8, 4) is 0 Å². The van der Waals surface area contributed by atoms with E-state index in [-0.39, 0.29) is 0 Å². The van der Waals surface area contributed by atoms with Crippen LogP contribution < -0.4 is 5.73 Å². The van der Waals surface area contributed by atoms with Crippen LogP contribution in [0.5, 0.6) is 0 Å². The maximum absolute atomic E-state index is 5.41. The van der Waals surface area contributed by atoms with Crippen molar-refractivity contribution in [3.05, 3.63) is 12.3 Å². The van der Waals surface area contributed by atoms with Crippen LogP contribution in [0.1, 0.15) is 6.92 Å². The van der Waals surface area contributed by atoms with Gasteiger partial charge in [0.2, 0.25) is 0 Å². The van der Waals surface area contributed by atoms with Crippen LogP contribution in [0.2, 0.25) is 0 Å². The fourth-order valence-corrected chi connectivity index (χ4v) is 1.78. The Morgan fingerprint density at radius 1 is 0.464 bits per heavy atom. The molecule has 0 unspecified atom stereocenters. The van der Waals surface area contributed by atoms with Gasteiger partial charge in [0.25, 0.3) is 0 Å². The monoisotopic (exact) mass is 409 g/mol. The van der Waals surface area contributed by atoms with Crippen LogP contribution in [0.25, 0.3) is 0 Å². The average molecular weight is 410 g/mol. The van der Waals surface area contributed by atoms with E-state index < -0.39 is 0 Å². The van der Waals surface area contributed by atoms with E-state index in [0.717, 1.165) is 0 Å². The van der Waals surface area contributed by atoms with Gasteiger partial charge in [-0.05, 0) is 6.92 Å². The zero-order chi connectivity index (χ0) is 20.4. The molecule has 2 N–H and O–H groups in total. The van der Waals surface area contributed by atoms with Crippen LogP contribution in [0.15, 0.2) is 12.3 Å². The first-order chi connectivity index (χ1) is 13.9. The molecule has 0 atom stereocenters. The SMILES string of the molecule is CC=COCCOCCOCCOCCOCCOCCOCCOCCN. The minimum absolute atomic E-state index is 0.533. The van der Waals surface area contributed by atoms with E-state index >= 15 is 0 Å². The molecule has 0 fully saturated rings. The summed E-state index contributed by atoms with van der Waals surface area (Å²) in [4.78, 5) is 0. The van der Waals surface area contributed by atoms with E-state index in [1.165, 1.54) is 0 Å². The van der Waals surface area contributed by atoms with Crippen molar-refractivity contribution in [3.63, 3.8) is 0 Å². The van der Waals surface area contributed by atoms with Gasteiger partial charge in [0.15, 0.2) is 0 Å². The van der Waals surface area contributed by atoms with Gasteiger partial charge in [-0.15, -0.1) is 0 Å². The summed E-state index contributed by atoms with van der Waals surface area (Å²) in [7, 11) is 0. The Hall–Kier alpha value is -0.780. The standard InChI is InChI=1S/C19H39NO8/c1-2-4-21-6-8-23-10-12-25-14-16-27-18-19-28-17-15-26-13-11-24-9-7-22-5-3-20/h2,4H,3,5-20H2,1H3. The summed E-state index contributed by atoms with van der Waals surface area (Å²) in [5.74, 6) is 0. The van der Waals surface area contributed by atoms with Crippen molar-refractivity contribution in [2.75, 3.05) is 106 Å². The summed E-state index contributed by atoms with van der Waals surface area (Å²) in [6.07, 6.45) is 3.48. The zero-order valence-corrected chi connectivity index (χ0v) is 17.3. The van der Waals surface area contributed by atoms with Gasteiger partial charge < -0.3 is 43.6 Å². The highest BCUT2D eigenvalue weighted by molar-refractivity contribution is 4.64. The quantitative estimate of drug-likeness (QED) is 0.182. The summed E-state index contributed by atoms with van der Waals surface area (Å²) < 4.78 is 42.6. The van der Waals surface area contributed by atoms with Gasteiger partial charge in [-0.3, -0.25) is 0 Å². The van der Waals surface area contributed by atoms with Crippen LogP contribution >= 0.6 is 0 Å². The Morgan fingerprint density at radius 3 is 1.04 bits per heavy atom. The van der Waals surface area contributed by atoms with Gasteiger partial charge in [0, 0.05) is 6.54 Å². The van der Waals surface area contributed by atoms with Crippen LogP contribution in [0.4, 0.5) is 0 Å². The Morgan fingerprint density at radius 2 is 0.750 bits per heavy atom. The zero-order valence-electron chi connectivity index (χ0n) is 17.3. The van der Waals surface area contributed by atoms with Crippen molar-refractivity contribution >= 4 is 0 Å². The van der Waals surface area contributed by atoms with E-state index in [4.69, 9.17) is 43.6 Å². The predicted molar refractivity (Wildman–Crippen MR) is 106 cm³/mol. The van der Waals surface area contributed by atoms with E-state index in [2.05, 4.69) is 0 Å². The highest BCUT2D eigenvalue weighted by Crippen LogP contribution is 1.85. The molecule has 0 saturated carbocycles. The van der Waals surface area contributed by atoms with Crippen molar-refractivity contribution in [1.82, 2.24) is 0 Å². The first-order valence-electron chi connectivity index (χ1n) is 9.88. The van der Waals surface area contributed by atoms with Gasteiger partial charge in [-0.2, -0.15) is 0 Å².